The van der Waals surface area contributed by atoms with Crippen molar-refractivity contribution in [3.8, 4) is 12.3 Å². The van der Waals surface area contributed by atoms with Crippen LogP contribution in [-0.2, 0) is 10.2 Å². The second kappa shape index (κ2) is 7.20. The maximum Gasteiger partial charge on any atom is 0.333 e. The number of hydrogen-bond donors (Lipinski definition) is 2. The number of carbonyl (C=O) groups is 1. The minimum atomic E-state index is -3.67. The molecule has 0 bridgehead atoms. The minimum absolute atomic E-state index is 0.0563. The first-order valence-corrected chi connectivity index (χ1v) is 8.19. The Labute approximate surface area is 149 Å². The van der Waals surface area contributed by atoms with Crippen molar-refractivity contribution in [2.24, 2.45) is 5.41 Å². The first kappa shape index (κ1) is 20.6. The molecule has 0 spiro atoms. The SMILES string of the molecule is C#CC(F)(F)C(O)C(C)(C)CCC(C)(C(=O)O)c1cccc(Br)c1. The van der Waals surface area contributed by atoms with Gasteiger partial charge in [-0.1, -0.05) is 41.9 Å². The number of rotatable bonds is 7. The van der Waals surface area contributed by atoms with Crippen molar-refractivity contribution >= 4 is 21.9 Å². The molecule has 0 heterocycles. The topological polar surface area (TPSA) is 57.5 Å². The average Bonchev–Trinajstić information content (AvgIpc) is 2.51. The van der Waals surface area contributed by atoms with E-state index < -0.39 is 28.8 Å². The number of aliphatic hydroxyl groups excluding tert-OH is 1. The molecule has 1 rings (SSSR count). The Balaban J connectivity index is 3.07. The Kier molecular flexibility index (Phi) is 6.18. The Morgan fingerprint density at radius 1 is 1.33 bits per heavy atom. The molecule has 1 aromatic carbocycles. The second-order valence-electron chi connectivity index (χ2n) is 6.81. The van der Waals surface area contributed by atoms with E-state index in [1.54, 1.807) is 31.2 Å². The number of aliphatic carboxylic acids is 1. The molecule has 6 heteroatoms. The van der Waals surface area contributed by atoms with Gasteiger partial charge in [-0.15, -0.1) is 6.42 Å². The fourth-order valence-electron chi connectivity index (χ4n) is 2.48. The van der Waals surface area contributed by atoms with Crippen molar-refractivity contribution in [3.05, 3.63) is 34.3 Å². The van der Waals surface area contributed by atoms with Crippen LogP contribution in [0.25, 0.3) is 0 Å². The lowest BCUT2D eigenvalue weighted by Gasteiger charge is -2.36. The van der Waals surface area contributed by atoms with Gasteiger partial charge in [-0.05, 0) is 48.8 Å². The van der Waals surface area contributed by atoms with Crippen LogP contribution in [0.2, 0.25) is 0 Å². The molecule has 2 N–H and O–H groups in total. The summed E-state index contributed by atoms with van der Waals surface area (Å²) in [4.78, 5) is 11.8. The summed E-state index contributed by atoms with van der Waals surface area (Å²) < 4.78 is 27.9. The molecule has 0 aliphatic heterocycles. The molecule has 0 amide bonds. The average molecular weight is 403 g/mol. The zero-order valence-electron chi connectivity index (χ0n) is 13.8. The zero-order valence-corrected chi connectivity index (χ0v) is 15.4. The highest BCUT2D eigenvalue weighted by molar-refractivity contribution is 9.10. The number of halogens is 3. The summed E-state index contributed by atoms with van der Waals surface area (Å²) in [5.41, 5.74) is -1.97. The Bertz CT molecular complexity index is 652. The summed E-state index contributed by atoms with van der Waals surface area (Å²) in [5.74, 6) is -3.43. The van der Waals surface area contributed by atoms with Gasteiger partial charge in [0.25, 0.3) is 0 Å². The standard InChI is InChI=1S/C18H21BrF2O3/c1-5-18(20,21)14(22)16(2,3)9-10-17(4,15(23)24)12-7-6-8-13(19)11-12/h1,6-8,11,14,22H,9-10H2,2-4H3,(H,23,24). The maximum absolute atomic E-state index is 13.6. The van der Waals surface area contributed by atoms with Crippen LogP contribution >= 0.6 is 15.9 Å². The Morgan fingerprint density at radius 2 is 1.92 bits per heavy atom. The smallest absolute Gasteiger partial charge is 0.333 e. The molecule has 0 saturated heterocycles. The third-order valence-electron chi connectivity index (χ3n) is 4.48. The van der Waals surface area contributed by atoms with Crippen molar-refractivity contribution in [2.45, 2.75) is 51.1 Å². The monoisotopic (exact) mass is 402 g/mol. The van der Waals surface area contributed by atoms with E-state index in [0.29, 0.717) is 5.56 Å². The quantitative estimate of drug-likeness (QED) is 0.671. The number of benzene rings is 1. The van der Waals surface area contributed by atoms with Gasteiger partial charge in [0.1, 0.15) is 6.10 Å². The molecule has 2 atom stereocenters. The van der Waals surface area contributed by atoms with E-state index in [4.69, 9.17) is 6.42 Å². The van der Waals surface area contributed by atoms with Crippen LogP contribution in [0, 0.1) is 17.8 Å². The van der Waals surface area contributed by atoms with Crippen molar-refractivity contribution in [3.63, 3.8) is 0 Å². The van der Waals surface area contributed by atoms with Crippen LogP contribution in [0.15, 0.2) is 28.7 Å². The lowest BCUT2D eigenvalue weighted by Crippen LogP contribution is -2.45. The molecule has 0 aromatic heterocycles. The molecular weight excluding hydrogens is 382 g/mol. The van der Waals surface area contributed by atoms with Gasteiger partial charge in [-0.25, -0.2) is 0 Å². The van der Waals surface area contributed by atoms with Crippen LogP contribution in [0.3, 0.4) is 0 Å². The zero-order chi connectivity index (χ0) is 18.8. The van der Waals surface area contributed by atoms with E-state index in [9.17, 15) is 23.8 Å². The Morgan fingerprint density at radius 3 is 2.38 bits per heavy atom. The number of hydrogen-bond acceptors (Lipinski definition) is 2. The van der Waals surface area contributed by atoms with Crippen LogP contribution < -0.4 is 0 Å². The van der Waals surface area contributed by atoms with Gasteiger partial charge in [-0.3, -0.25) is 4.79 Å². The number of carboxylic acids is 1. The Hall–Kier alpha value is -1.45. The van der Waals surface area contributed by atoms with E-state index >= 15 is 0 Å². The third kappa shape index (κ3) is 4.34. The van der Waals surface area contributed by atoms with Crippen LogP contribution in [-0.4, -0.2) is 28.2 Å². The van der Waals surface area contributed by atoms with Gasteiger partial charge in [0.05, 0.1) is 5.41 Å². The number of terminal acetylenes is 1. The summed E-state index contributed by atoms with van der Waals surface area (Å²) in [5, 5.41) is 19.6. The van der Waals surface area contributed by atoms with Crippen LogP contribution in [0.5, 0.6) is 0 Å². The predicted molar refractivity (Wildman–Crippen MR) is 91.9 cm³/mol. The van der Waals surface area contributed by atoms with E-state index in [1.165, 1.54) is 19.8 Å². The van der Waals surface area contributed by atoms with Gasteiger partial charge >= 0.3 is 11.9 Å². The summed E-state index contributed by atoms with van der Waals surface area (Å²) in [6, 6.07) is 6.85. The highest BCUT2D eigenvalue weighted by atomic mass is 79.9. The first-order valence-electron chi connectivity index (χ1n) is 7.40. The predicted octanol–water partition coefficient (Wildman–Crippen LogP) is 4.23. The molecule has 0 fully saturated rings. The molecule has 24 heavy (non-hydrogen) atoms. The number of carboxylic acid groups (broad SMARTS) is 1. The van der Waals surface area contributed by atoms with Crippen molar-refractivity contribution in [1.82, 2.24) is 0 Å². The molecule has 0 radical (unpaired) electrons. The van der Waals surface area contributed by atoms with Crippen molar-refractivity contribution in [2.75, 3.05) is 0 Å². The normalized spacial score (nSPS) is 16.1. The lowest BCUT2D eigenvalue weighted by molar-refractivity contribution is -0.145. The largest absolute Gasteiger partial charge is 0.481 e. The minimum Gasteiger partial charge on any atom is -0.481 e. The van der Waals surface area contributed by atoms with Crippen LogP contribution in [0.1, 0.15) is 39.2 Å². The molecule has 1 aromatic rings. The second-order valence-corrected chi connectivity index (χ2v) is 7.72. The van der Waals surface area contributed by atoms with E-state index in [2.05, 4.69) is 15.9 Å². The van der Waals surface area contributed by atoms with Gasteiger partial charge in [0, 0.05) is 4.47 Å². The number of aliphatic hydroxyl groups is 1. The van der Waals surface area contributed by atoms with Gasteiger partial charge in [0.15, 0.2) is 0 Å². The van der Waals surface area contributed by atoms with E-state index in [0.717, 1.165) is 4.47 Å². The van der Waals surface area contributed by atoms with Gasteiger partial charge in [-0.2, -0.15) is 8.78 Å². The van der Waals surface area contributed by atoms with E-state index in [-0.39, 0.29) is 12.8 Å². The summed E-state index contributed by atoms with van der Waals surface area (Å²) >= 11 is 3.30. The number of alkyl halides is 2. The fourth-order valence-corrected chi connectivity index (χ4v) is 2.88. The molecule has 132 valence electrons. The third-order valence-corrected chi connectivity index (χ3v) is 4.97. The highest BCUT2D eigenvalue weighted by Crippen LogP contribution is 2.40. The van der Waals surface area contributed by atoms with Crippen molar-refractivity contribution < 1.29 is 23.8 Å². The first-order chi connectivity index (χ1) is 10.9. The lowest BCUT2D eigenvalue weighted by atomic mass is 9.71. The van der Waals surface area contributed by atoms with Crippen molar-refractivity contribution in [1.29, 1.82) is 0 Å². The molecule has 3 nitrogen and oxygen atoms in total. The molecule has 2 unspecified atom stereocenters. The molecule has 0 aliphatic carbocycles. The molecule has 0 aliphatic rings. The fraction of sp³-hybridized carbons (Fsp3) is 0.500. The maximum atomic E-state index is 13.6. The summed E-state index contributed by atoms with van der Waals surface area (Å²) in [6.45, 7) is 4.44. The van der Waals surface area contributed by atoms with Gasteiger partial charge < -0.3 is 10.2 Å². The molecule has 0 saturated carbocycles. The highest BCUT2D eigenvalue weighted by Gasteiger charge is 2.47. The van der Waals surface area contributed by atoms with Gasteiger partial charge in [0.2, 0.25) is 0 Å². The summed E-state index contributed by atoms with van der Waals surface area (Å²) in [6.07, 6.45) is 2.85. The van der Waals surface area contributed by atoms with E-state index in [1.807, 2.05) is 0 Å². The summed E-state index contributed by atoms with van der Waals surface area (Å²) in [7, 11) is 0. The van der Waals surface area contributed by atoms with Crippen LogP contribution in [0.4, 0.5) is 8.78 Å². The molecular formula is C18H21BrF2O3.